The second-order valence-corrected chi connectivity index (χ2v) is 10.2. The number of halogens is 1. The van der Waals surface area contributed by atoms with Crippen molar-refractivity contribution < 1.29 is 4.39 Å². The highest BCUT2D eigenvalue weighted by molar-refractivity contribution is 5.91. The van der Waals surface area contributed by atoms with E-state index in [2.05, 4.69) is 64.6 Å². The van der Waals surface area contributed by atoms with Gasteiger partial charge in [-0.05, 0) is 44.5 Å². The van der Waals surface area contributed by atoms with E-state index in [4.69, 9.17) is 0 Å². The lowest BCUT2D eigenvalue weighted by Crippen LogP contribution is -2.43. The normalized spacial score (nSPS) is 17.6. The maximum absolute atomic E-state index is 15.0. The van der Waals surface area contributed by atoms with Crippen LogP contribution in [0.15, 0.2) is 36.9 Å². The molecule has 0 aromatic carbocycles. The van der Waals surface area contributed by atoms with Crippen molar-refractivity contribution in [2.75, 3.05) is 38.5 Å². The lowest BCUT2D eigenvalue weighted by atomic mass is 10.2. The number of rotatable bonds is 6. The van der Waals surface area contributed by atoms with Gasteiger partial charge in [-0.1, -0.05) is 18.9 Å². The predicted molar refractivity (Wildman–Crippen MR) is 141 cm³/mol. The Kier molecular flexibility index (Phi) is 6.52. The summed E-state index contributed by atoms with van der Waals surface area (Å²) in [6.45, 7) is 7.24. The van der Waals surface area contributed by atoms with E-state index in [9.17, 15) is 4.39 Å². The summed E-state index contributed by atoms with van der Waals surface area (Å²) < 4.78 is 17.3. The van der Waals surface area contributed by atoms with E-state index in [0.29, 0.717) is 17.6 Å². The Labute approximate surface area is 215 Å². The van der Waals surface area contributed by atoms with Crippen LogP contribution in [0.4, 0.5) is 16.2 Å². The first kappa shape index (κ1) is 23.9. The minimum absolute atomic E-state index is 0.153. The van der Waals surface area contributed by atoms with Gasteiger partial charge in [0.1, 0.15) is 29.2 Å². The number of anilines is 2. The fourth-order valence-electron chi connectivity index (χ4n) is 5.53. The SMILES string of the molecule is Cc1cc2c(-c3nc(Nc4ccc(CN5CCN(C)CC5)cn4)ncc3F)ncnc2n1C1CCCC1. The van der Waals surface area contributed by atoms with Gasteiger partial charge in [-0.3, -0.25) is 4.90 Å². The number of nitrogens with zero attached hydrogens (tertiary/aromatic N) is 8. The zero-order valence-electron chi connectivity index (χ0n) is 21.4. The molecule has 0 spiro atoms. The van der Waals surface area contributed by atoms with Crippen molar-refractivity contribution in [3.8, 4) is 11.4 Å². The van der Waals surface area contributed by atoms with Crippen molar-refractivity contribution in [2.24, 2.45) is 0 Å². The Balaban J connectivity index is 1.23. The number of piperazine rings is 1. The van der Waals surface area contributed by atoms with Crippen LogP contribution in [-0.2, 0) is 6.54 Å². The van der Waals surface area contributed by atoms with Gasteiger partial charge in [0, 0.05) is 56.0 Å². The molecule has 0 bridgehead atoms. The van der Waals surface area contributed by atoms with E-state index in [1.165, 1.54) is 25.4 Å². The molecule has 6 rings (SSSR count). The molecule has 1 aliphatic carbocycles. The molecule has 1 saturated heterocycles. The van der Waals surface area contributed by atoms with Crippen LogP contribution >= 0.6 is 0 Å². The molecule has 5 heterocycles. The molecule has 0 radical (unpaired) electrons. The van der Waals surface area contributed by atoms with Gasteiger partial charge in [0.25, 0.3) is 0 Å². The number of likely N-dealkylation sites (N-methyl/N-ethyl adjacent to an activating group) is 1. The van der Waals surface area contributed by atoms with Crippen LogP contribution in [0.25, 0.3) is 22.4 Å². The van der Waals surface area contributed by atoms with Gasteiger partial charge in [-0.2, -0.15) is 0 Å². The van der Waals surface area contributed by atoms with Crippen molar-refractivity contribution in [2.45, 2.75) is 45.2 Å². The fourth-order valence-corrected chi connectivity index (χ4v) is 5.53. The Bertz CT molecular complexity index is 1390. The molecule has 37 heavy (non-hydrogen) atoms. The Morgan fingerprint density at radius 1 is 0.973 bits per heavy atom. The van der Waals surface area contributed by atoms with Crippen LogP contribution in [0.1, 0.15) is 43.0 Å². The maximum atomic E-state index is 15.0. The maximum Gasteiger partial charge on any atom is 0.229 e. The summed E-state index contributed by atoms with van der Waals surface area (Å²) >= 11 is 0. The number of hydrogen-bond donors (Lipinski definition) is 1. The van der Waals surface area contributed by atoms with Crippen molar-refractivity contribution in [1.29, 1.82) is 0 Å². The van der Waals surface area contributed by atoms with Gasteiger partial charge in [-0.15, -0.1) is 0 Å². The monoisotopic (exact) mass is 501 g/mol. The Morgan fingerprint density at radius 2 is 1.78 bits per heavy atom. The zero-order valence-corrected chi connectivity index (χ0v) is 21.4. The minimum Gasteiger partial charge on any atom is -0.327 e. The topological polar surface area (TPSA) is 87.9 Å². The van der Waals surface area contributed by atoms with Crippen molar-refractivity contribution in [1.82, 2.24) is 39.3 Å². The molecule has 192 valence electrons. The molecule has 1 aliphatic heterocycles. The second-order valence-electron chi connectivity index (χ2n) is 10.2. The number of nitrogens with one attached hydrogen (secondary N) is 1. The van der Waals surface area contributed by atoms with Crippen molar-refractivity contribution in [3.63, 3.8) is 0 Å². The van der Waals surface area contributed by atoms with Gasteiger partial charge < -0.3 is 14.8 Å². The van der Waals surface area contributed by atoms with Gasteiger partial charge in [0.15, 0.2) is 5.82 Å². The molecule has 4 aromatic heterocycles. The Hall–Kier alpha value is -3.50. The standard InChI is InChI=1S/C27H32FN9/c1-18-13-21-24(31-17-32-26(21)37(18)20-5-3-4-6-20)25-22(28)15-30-27(34-25)33-23-8-7-19(14-29-23)16-36-11-9-35(2)10-12-36/h7-8,13-15,17,20H,3-6,9-12,16H2,1-2H3,(H,29,30,33,34). The number of aromatic nitrogens is 6. The highest BCUT2D eigenvalue weighted by Crippen LogP contribution is 2.36. The summed E-state index contributed by atoms with van der Waals surface area (Å²) in [6, 6.07) is 6.43. The average Bonchev–Trinajstić information content (AvgIpc) is 3.54. The molecule has 4 aromatic rings. The molecule has 2 aliphatic rings. The van der Waals surface area contributed by atoms with E-state index in [1.807, 2.05) is 18.3 Å². The lowest BCUT2D eigenvalue weighted by Gasteiger charge is -2.32. The summed E-state index contributed by atoms with van der Waals surface area (Å²) in [5.41, 5.74) is 3.72. The highest BCUT2D eigenvalue weighted by atomic mass is 19.1. The van der Waals surface area contributed by atoms with Gasteiger partial charge >= 0.3 is 0 Å². The summed E-state index contributed by atoms with van der Waals surface area (Å²) in [5.74, 6) is 0.359. The van der Waals surface area contributed by atoms with E-state index in [1.54, 1.807) is 0 Å². The van der Waals surface area contributed by atoms with Crippen molar-refractivity contribution in [3.05, 3.63) is 54.0 Å². The molecule has 2 fully saturated rings. The minimum atomic E-state index is -0.521. The third-order valence-electron chi connectivity index (χ3n) is 7.55. The van der Waals surface area contributed by atoms with Gasteiger partial charge in [0.2, 0.25) is 5.95 Å². The molecule has 0 amide bonds. The summed E-state index contributed by atoms with van der Waals surface area (Å²) in [6.07, 6.45) is 9.28. The predicted octanol–water partition coefficient (Wildman–Crippen LogP) is 4.34. The van der Waals surface area contributed by atoms with Crippen LogP contribution in [0.3, 0.4) is 0 Å². The first-order valence-electron chi connectivity index (χ1n) is 13.0. The smallest absolute Gasteiger partial charge is 0.229 e. The van der Waals surface area contributed by atoms with Crippen LogP contribution in [-0.4, -0.2) is 72.5 Å². The molecular formula is C27H32FN9. The average molecular weight is 502 g/mol. The molecular weight excluding hydrogens is 469 g/mol. The third kappa shape index (κ3) is 4.91. The fraction of sp³-hybridized carbons (Fsp3) is 0.444. The van der Waals surface area contributed by atoms with Crippen molar-refractivity contribution >= 4 is 22.8 Å². The molecule has 0 unspecified atom stereocenters. The third-order valence-corrected chi connectivity index (χ3v) is 7.55. The highest BCUT2D eigenvalue weighted by Gasteiger charge is 2.24. The van der Waals surface area contributed by atoms with Crippen LogP contribution in [0, 0.1) is 12.7 Å². The first-order chi connectivity index (χ1) is 18.0. The first-order valence-corrected chi connectivity index (χ1v) is 13.0. The van der Waals surface area contributed by atoms with Crippen LogP contribution in [0.5, 0.6) is 0 Å². The number of pyridine rings is 1. The number of hydrogen-bond acceptors (Lipinski definition) is 8. The number of fused-ring (bicyclic) bond motifs is 1. The molecule has 1 saturated carbocycles. The zero-order chi connectivity index (χ0) is 25.4. The van der Waals surface area contributed by atoms with Gasteiger partial charge in [-0.25, -0.2) is 29.3 Å². The molecule has 1 N–H and O–H groups in total. The van der Waals surface area contributed by atoms with Crippen LogP contribution < -0.4 is 5.32 Å². The Morgan fingerprint density at radius 3 is 2.54 bits per heavy atom. The van der Waals surface area contributed by atoms with E-state index in [-0.39, 0.29) is 11.6 Å². The quantitative estimate of drug-likeness (QED) is 0.418. The summed E-state index contributed by atoms with van der Waals surface area (Å²) in [7, 11) is 2.16. The number of aryl methyl sites for hydroxylation is 1. The summed E-state index contributed by atoms with van der Waals surface area (Å²) in [5, 5.41) is 3.93. The van der Waals surface area contributed by atoms with E-state index >= 15 is 0 Å². The lowest BCUT2D eigenvalue weighted by molar-refractivity contribution is 0.148. The van der Waals surface area contributed by atoms with E-state index < -0.39 is 5.82 Å². The van der Waals surface area contributed by atoms with Crippen LogP contribution in [0.2, 0.25) is 0 Å². The second kappa shape index (κ2) is 10.1. The molecule has 9 nitrogen and oxygen atoms in total. The molecule has 10 heteroatoms. The largest absolute Gasteiger partial charge is 0.327 e. The molecule has 0 atom stereocenters. The van der Waals surface area contributed by atoms with E-state index in [0.717, 1.165) is 67.9 Å². The summed E-state index contributed by atoms with van der Waals surface area (Å²) in [4.78, 5) is 27.0. The van der Waals surface area contributed by atoms with Gasteiger partial charge in [0.05, 0.1) is 6.20 Å².